The van der Waals surface area contributed by atoms with Crippen LogP contribution >= 0.6 is 0 Å². The van der Waals surface area contributed by atoms with E-state index >= 15 is 0 Å². The van der Waals surface area contributed by atoms with Gasteiger partial charge in [-0.2, -0.15) is 13.2 Å². The van der Waals surface area contributed by atoms with Gasteiger partial charge in [0.25, 0.3) is 5.91 Å². The molecule has 0 spiro atoms. The molecule has 0 aliphatic heterocycles. The van der Waals surface area contributed by atoms with E-state index in [0.29, 0.717) is 16.6 Å². The number of nitrogens with one attached hydrogen (secondary N) is 1. The van der Waals surface area contributed by atoms with Crippen LogP contribution < -0.4 is 5.32 Å². The molecule has 0 bridgehead atoms. The van der Waals surface area contributed by atoms with Gasteiger partial charge in [0, 0.05) is 30.9 Å². The lowest BCUT2D eigenvalue weighted by Gasteiger charge is -2.13. The number of hydrogen-bond donors (Lipinski definition) is 1. The van der Waals surface area contributed by atoms with E-state index in [1.807, 2.05) is 0 Å². The Bertz CT molecular complexity index is 1480. The quantitative estimate of drug-likeness (QED) is 0.394. The molecule has 0 fully saturated rings. The van der Waals surface area contributed by atoms with Crippen molar-refractivity contribution >= 4 is 26.8 Å². The molecule has 4 rings (SSSR count). The maximum Gasteiger partial charge on any atom is 0.416 e. The van der Waals surface area contributed by atoms with Crippen LogP contribution in [0.5, 0.6) is 0 Å². The summed E-state index contributed by atoms with van der Waals surface area (Å²) >= 11 is 0. The first kappa shape index (κ1) is 24.5. The molecule has 2 aromatic carbocycles. The average molecular weight is 502 g/mol. The second kappa shape index (κ2) is 9.53. The van der Waals surface area contributed by atoms with Crippen molar-refractivity contribution in [3.63, 3.8) is 0 Å². The highest BCUT2D eigenvalue weighted by Gasteiger charge is 2.32. The van der Waals surface area contributed by atoms with Crippen molar-refractivity contribution in [3.05, 3.63) is 95.3 Å². The monoisotopic (exact) mass is 501 g/mol. The fourth-order valence-electron chi connectivity index (χ4n) is 3.71. The van der Waals surface area contributed by atoms with Crippen molar-refractivity contribution < 1.29 is 26.4 Å². The van der Waals surface area contributed by atoms with Crippen LogP contribution in [0.1, 0.15) is 34.0 Å². The third-order valence-electron chi connectivity index (χ3n) is 5.64. The second-order valence-corrected chi connectivity index (χ2v) is 10.2. The minimum absolute atomic E-state index is 0.00905. The normalized spacial score (nSPS) is 12.1. The van der Waals surface area contributed by atoms with Crippen LogP contribution in [0.25, 0.3) is 11.0 Å². The molecule has 35 heavy (non-hydrogen) atoms. The van der Waals surface area contributed by atoms with Gasteiger partial charge in [-0.1, -0.05) is 37.3 Å². The fourth-order valence-corrected chi connectivity index (χ4v) is 4.60. The molecule has 1 amide bonds. The van der Waals surface area contributed by atoms with Crippen molar-refractivity contribution in [2.75, 3.05) is 5.75 Å². The molecule has 4 aromatic rings. The predicted octanol–water partition coefficient (Wildman–Crippen LogP) is 4.83. The van der Waals surface area contributed by atoms with Gasteiger partial charge < -0.3 is 9.88 Å². The van der Waals surface area contributed by atoms with Gasteiger partial charge in [0.1, 0.15) is 5.65 Å². The van der Waals surface area contributed by atoms with Gasteiger partial charge in [0.15, 0.2) is 9.84 Å². The van der Waals surface area contributed by atoms with Crippen LogP contribution in [0.4, 0.5) is 13.2 Å². The zero-order valence-corrected chi connectivity index (χ0v) is 19.5. The Hall–Kier alpha value is -3.66. The number of aromatic nitrogens is 2. The van der Waals surface area contributed by atoms with Crippen LogP contribution in [-0.2, 0) is 29.1 Å². The topological polar surface area (TPSA) is 81.1 Å². The molecule has 0 aliphatic carbocycles. The standard InChI is InChI=1S/C25H22F3N3O3S/c1-2-35(33,34)21-9-7-17(8-10-21)14-30-24(32)20-13-18-11-12-31(23(18)29-15-20)16-19-5-3-4-6-22(19)25(26,27)28/h3-13,15H,2,14,16H2,1H3,(H,30,32). The molecule has 2 aromatic heterocycles. The first-order valence-corrected chi connectivity index (χ1v) is 12.4. The molecule has 2 heterocycles. The minimum Gasteiger partial charge on any atom is -0.348 e. The number of alkyl halides is 3. The third kappa shape index (κ3) is 5.37. The van der Waals surface area contributed by atoms with E-state index in [4.69, 9.17) is 0 Å². The van der Waals surface area contributed by atoms with E-state index in [1.165, 1.54) is 30.5 Å². The molecule has 1 N–H and O–H groups in total. The lowest BCUT2D eigenvalue weighted by atomic mass is 10.1. The molecule has 10 heteroatoms. The van der Waals surface area contributed by atoms with Crippen molar-refractivity contribution in [1.29, 1.82) is 0 Å². The Morgan fingerprint density at radius 3 is 2.46 bits per heavy atom. The number of carbonyl (C=O) groups is 1. The number of rotatable bonds is 7. The summed E-state index contributed by atoms with van der Waals surface area (Å²) < 4.78 is 65.4. The number of fused-ring (bicyclic) bond motifs is 1. The van der Waals surface area contributed by atoms with E-state index < -0.39 is 21.6 Å². The van der Waals surface area contributed by atoms with Crippen LogP contribution in [0.3, 0.4) is 0 Å². The van der Waals surface area contributed by atoms with E-state index in [-0.39, 0.29) is 35.2 Å². The predicted molar refractivity (Wildman–Crippen MR) is 126 cm³/mol. The summed E-state index contributed by atoms with van der Waals surface area (Å²) in [5, 5.41) is 3.38. The molecule has 0 saturated heterocycles. The Balaban J connectivity index is 1.47. The van der Waals surface area contributed by atoms with Crippen molar-refractivity contribution in [3.8, 4) is 0 Å². The zero-order valence-electron chi connectivity index (χ0n) is 18.7. The Labute approximate surface area is 200 Å². The number of halogens is 3. The first-order valence-electron chi connectivity index (χ1n) is 10.8. The summed E-state index contributed by atoms with van der Waals surface area (Å²) in [7, 11) is -3.29. The summed E-state index contributed by atoms with van der Waals surface area (Å²) in [6, 6.07) is 15.0. The van der Waals surface area contributed by atoms with E-state index in [1.54, 1.807) is 48.0 Å². The number of pyridine rings is 1. The van der Waals surface area contributed by atoms with Crippen molar-refractivity contribution in [2.45, 2.75) is 31.1 Å². The Morgan fingerprint density at radius 1 is 1.06 bits per heavy atom. The molecule has 6 nitrogen and oxygen atoms in total. The summed E-state index contributed by atoms with van der Waals surface area (Å²) in [4.78, 5) is 17.1. The molecule has 0 aliphatic rings. The van der Waals surface area contributed by atoms with Crippen LogP contribution in [0.15, 0.2) is 78.0 Å². The van der Waals surface area contributed by atoms with Crippen molar-refractivity contribution in [2.24, 2.45) is 0 Å². The Kier molecular flexibility index (Phi) is 6.66. The summed E-state index contributed by atoms with van der Waals surface area (Å²) in [6.45, 7) is 1.75. The number of sulfone groups is 1. The summed E-state index contributed by atoms with van der Waals surface area (Å²) in [5.41, 5.74) is 0.927. The maximum absolute atomic E-state index is 13.3. The number of amides is 1. The zero-order chi connectivity index (χ0) is 25.2. The van der Waals surface area contributed by atoms with E-state index in [2.05, 4.69) is 10.3 Å². The fraction of sp³-hybridized carbons (Fsp3) is 0.200. The number of benzene rings is 2. The highest BCUT2D eigenvalue weighted by atomic mass is 32.2. The molecule has 0 saturated carbocycles. The van der Waals surface area contributed by atoms with Gasteiger partial charge in [-0.15, -0.1) is 0 Å². The highest BCUT2D eigenvalue weighted by Crippen LogP contribution is 2.32. The largest absolute Gasteiger partial charge is 0.416 e. The van der Waals surface area contributed by atoms with Gasteiger partial charge in [-0.25, -0.2) is 13.4 Å². The van der Waals surface area contributed by atoms with Gasteiger partial charge >= 0.3 is 6.18 Å². The molecule has 0 unspecified atom stereocenters. The first-order chi connectivity index (χ1) is 16.6. The molecular formula is C25H22F3N3O3S. The van der Waals surface area contributed by atoms with Gasteiger partial charge in [0.2, 0.25) is 0 Å². The van der Waals surface area contributed by atoms with Gasteiger partial charge in [-0.05, 0) is 41.5 Å². The Morgan fingerprint density at radius 2 is 1.77 bits per heavy atom. The van der Waals surface area contributed by atoms with Crippen LogP contribution in [0, 0.1) is 0 Å². The van der Waals surface area contributed by atoms with Gasteiger partial charge in [-0.3, -0.25) is 4.79 Å². The van der Waals surface area contributed by atoms with Gasteiger partial charge in [0.05, 0.1) is 21.8 Å². The van der Waals surface area contributed by atoms with Crippen LogP contribution in [-0.4, -0.2) is 29.6 Å². The summed E-state index contributed by atoms with van der Waals surface area (Å²) in [6.07, 6.45) is -1.44. The minimum atomic E-state index is -4.46. The molecule has 0 radical (unpaired) electrons. The van der Waals surface area contributed by atoms with E-state index in [9.17, 15) is 26.4 Å². The number of carbonyl (C=O) groups excluding carboxylic acids is 1. The van der Waals surface area contributed by atoms with E-state index in [0.717, 1.165) is 11.6 Å². The lowest BCUT2D eigenvalue weighted by molar-refractivity contribution is -0.138. The summed E-state index contributed by atoms with van der Waals surface area (Å²) in [5.74, 6) is -0.366. The maximum atomic E-state index is 13.3. The smallest absolute Gasteiger partial charge is 0.348 e. The highest BCUT2D eigenvalue weighted by molar-refractivity contribution is 7.91. The molecule has 0 atom stereocenters. The molecule has 182 valence electrons. The third-order valence-corrected chi connectivity index (χ3v) is 7.39. The SMILES string of the molecule is CCS(=O)(=O)c1ccc(CNC(=O)c2cnc3c(ccn3Cc3ccccc3C(F)(F)F)c2)cc1. The van der Waals surface area contributed by atoms with Crippen LogP contribution in [0.2, 0.25) is 0 Å². The lowest BCUT2D eigenvalue weighted by Crippen LogP contribution is -2.23. The molecular weight excluding hydrogens is 479 g/mol. The number of nitrogens with zero attached hydrogens (tertiary/aromatic N) is 2. The number of hydrogen-bond acceptors (Lipinski definition) is 4. The van der Waals surface area contributed by atoms with Crippen molar-refractivity contribution in [1.82, 2.24) is 14.9 Å². The second-order valence-electron chi connectivity index (χ2n) is 7.97. The average Bonchev–Trinajstić information content (AvgIpc) is 3.24.